The van der Waals surface area contributed by atoms with E-state index in [9.17, 15) is 4.79 Å². The van der Waals surface area contributed by atoms with Crippen molar-refractivity contribution in [3.8, 4) is 5.75 Å². The average molecular weight is 433 g/mol. The van der Waals surface area contributed by atoms with Crippen molar-refractivity contribution in [3.05, 3.63) is 58.1 Å². The van der Waals surface area contributed by atoms with Gasteiger partial charge in [-0.25, -0.2) is 4.79 Å². The number of nitrogens with one attached hydrogen (secondary N) is 2. The largest absolute Gasteiger partial charge is 0.487 e. The fourth-order valence-corrected chi connectivity index (χ4v) is 3.90. The van der Waals surface area contributed by atoms with E-state index in [4.69, 9.17) is 33.3 Å². The summed E-state index contributed by atoms with van der Waals surface area (Å²) in [6.07, 6.45) is 0.771. The van der Waals surface area contributed by atoms with Gasteiger partial charge in [0.2, 0.25) is 0 Å². The normalized spacial score (nSPS) is 16.9. The van der Waals surface area contributed by atoms with Gasteiger partial charge in [0.25, 0.3) is 0 Å². The molecule has 0 fully saturated rings. The van der Waals surface area contributed by atoms with Gasteiger partial charge in [-0.05, 0) is 69.7 Å². The fourth-order valence-electron chi connectivity index (χ4n) is 3.38. The molecular weight excluding hydrogens is 408 g/mol. The minimum atomic E-state index is -0.443. The van der Waals surface area contributed by atoms with Gasteiger partial charge in [0, 0.05) is 17.7 Å². The Balaban J connectivity index is 1.73. The van der Waals surface area contributed by atoms with E-state index in [2.05, 4.69) is 42.7 Å². The van der Waals surface area contributed by atoms with Crippen molar-refractivity contribution in [2.45, 2.75) is 45.8 Å². The number of benzene rings is 2. The van der Waals surface area contributed by atoms with Crippen LogP contribution < -0.4 is 15.4 Å². The molecule has 2 aromatic rings. The molecule has 7 heteroatoms. The molecule has 0 saturated heterocycles. The first-order valence-electron chi connectivity index (χ1n) is 9.52. The van der Waals surface area contributed by atoms with Crippen LogP contribution in [0, 0.1) is 6.92 Å². The highest BCUT2D eigenvalue weighted by Crippen LogP contribution is 2.40. The summed E-state index contributed by atoms with van der Waals surface area (Å²) in [5.41, 5.74) is 2.94. The van der Waals surface area contributed by atoms with Gasteiger partial charge in [0.1, 0.15) is 11.4 Å². The smallest absolute Gasteiger partial charge is 0.339 e. The summed E-state index contributed by atoms with van der Waals surface area (Å²) in [6, 6.07) is 11.2. The molecule has 0 radical (unpaired) electrons. The Bertz CT molecular complexity index is 946. The van der Waals surface area contributed by atoms with E-state index in [-0.39, 0.29) is 11.6 Å². The van der Waals surface area contributed by atoms with Crippen molar-refractivity contribution < 1.29 is 14.3 Å². The Morgan fingerprint density at radius 1 is 1.31 bits per heavy atom. The number of fused-ring (bicyclic) bond motifs is 1. The fraction of sp³-hybridized carbons (Fsp3) is 0.364. The van der Waals surface area contributed by atoms with Crippen molar-refractivity contribution in [2.24, 2.45) is 0 Å². The Hall–Kier alpha value is -2.31. The topological polar surface area (TPSA) is 59.6 Å². The molecule has 154 valence electrons. The monoisotopic (exact) mass is 432 g/mol. The van der Waals surface area contributed by atoms with Crippen LogP contribution in [0.4, 0.5) is 5.69 Å². The van der Waals surface area contributed by atoms with Crippen molar-refractivity contribution in [3.63, 3.8) is 0 Å². The van der Waals surface area contributed by atoms with Gasteiger partial charge in [-0.3, -0.25) is 0 Å². The number of carbonyl (C=O) groups excluding carboxylic acids is 1. The van der Waals surface area contributed by atoms with Gasteiger partial charge in [0.15, 0.2) is 5.11 Å². The standard InChI is InChI=1S/C22H25ClN2O3S/c1-5-27-20(26)15-9-7-14(11-17(15)23)24-21(29)25-18-12-22(3,4)28-19-10-13(2)6-8-16(18)19/h6-11,18H,5,12H2,1-4H3,(H2,24,25,29)/t18-/m1/s1. The predicted octanol–water partition coefficient (Wildman–Crippen LogP) is 5.41. The molecule has 5 nitrogen and oxygen atoms in total. The van der Waals surface area contributed by atoms with Crippen molar-refractivity contribution in [2.75, 3.05) is 11.9 Å². The van der Waals surface area contributed by atoms with Crippen LogP contribution in [0.3, 0.4) is 0 Å². The van der Waals surface area contributed by atoms with Gasteiger partial charge >= 0.3 is 5.97 Å². The highest BCUT2D eigenvalue weighted by atomic mass is 35.5. The Labute approximate surface area is 181 Å². The van der Waals surface area contributed by atoms with E-state index in [1.165, 1.54) is 0 Å². The molecule has 1 atom stereocenters. The average Bonchev–Trinajstić information content (AvgIpc) is 2.60. The van der Waals surface area contributed by atoms with E-state index >= 15 is 0 Å². The van der Waals surface area contributed by atoms with Gasteiger partial charge in [0.05, 0.1) is 23.2 Å². The van der Waals surface area contributed by atoms with Crippen molar-refractivity contribution in [1.29, 1.82) is 0 Å². The highest BCUT2D eigenvalue weighted by molar-refractivity contribution is 7.80. The first-order valence-corrected chi connectivity index (χ1v) is 10.3. The molecular formula is C22H25ClN2O3S. The molecule has 0 spiro atoms. The van der Waals surface area contributed by atoms with Gasteiger partial charge < -0.3 is 20.1 Å². The lowest BCUT2D eigenvalue weighted by molar-refractivity contribution is 0.0526. The zero-order valence-corrected chi connectivity index (χ0v) is 18.5. The third-order valence-electron chi connectivity index (χ3n) is 4.65. The predicted molar refractivity (Wildman–Crippen MR) is 120 cm³/mol. The van der Waals surface area contributed by atoms with Crippen LogP contribution in [0.15, 0.2) is 36.4 Å². The van der Waals surface area contributed by atoms with E-state index in [0.29, 0.717) is 28.0 Å². The second-order valence-electron chi connectivity index (χ2n) is 7.67. The lowest BCUT2D eigenvalue weighted by atomic mass is 9.89. The molecule has 1 aliphatic rings. The number of hydrogen-bond acceptors (Lipinski definition) is 4. The lowest BCUT2D eigenvalue weighted by Crippen LogP contribution is -2.42. The van der Waals surface area contributed by atoms with Gasteiger partial charge in [-0.2, -0.15) is 0 Å². The second kappa shape index (κ2) is 8.59. The molecule has 1 aliphatic heterocycles. The minimum absolute atomic E-state index is 0.0172. The van der Waals surface area contributed by atoms with E-state index in [1.807, 2.05) is 6.92 Å². The molecule has 3 rings (SSSR count). The third kappa shape index (κ3) is 5.19. The van der Waals surface area contributed by atoms with Gasteiger partial charge in [-0.1, -0.05) is 23.7 Å². The quantitative estimate of drug-likeness (QED) is 0.497. The molecule has 0 amide bonds. The van der Waals surface area contributed by atoms with E-state index in [0.717, 1.165) is 23.3 Å². The van der Waals surface area contributed by atoms with Crippen LogP contribution in [-0.4, -0.2) is 23.3 Å². The summed E-state index contributed by atoms with van der Waals surface area (Å²) >= 11 is 11.8. The summed E-state index contributed by atoms with van der Waals surface area (Å²) < 4.78 is 11.1. The number of anilines is 1. The number of carbonyl (C=O) groups is 1. The SMILES string of the molecule is CCOC(=O)c1ccc(NC(=S)N[C@@H]2CC(C)(C)Oc3cc(C)ccc32)cc1Cl. The number of thiocarbonyl (C=S) groups is 1. The number of esters is 1. The van der Waals surface area contributed by atoms with Crippen LogP contribution in [-0.2, 0) is 4.74 Å². The summed E-state index contributed by atoms with van der Waals surface area (Å²) in [5, 5.41) is 7.30. The zero-order chi connectivity index (χ0) is 21.2. The highest BCUT2D eigenvalue weighted by Gasteiger charge is 2.34. The zero-order valence-electron chi connectivity index (χ0n) is 17.0. The van der Waals surface area contributed by atoms with E-state index in [1.54, 1.807) is 25.1 Å². The summed E-state index contributed by atoms with van der Waals surface area (Å²) in [5.74, 6) is 0.435. The summed E-state index contributed by atoms with van der Waals surface area (Å²) in [7, 11) is 0. The number of aryl methyl sites for hydroxylation is 1. The van der Waals surface area contributed by atoms with Crippen molar-refractivity contribution in [1.82, 2.24) is 5.32 Å². The number of halogens is 1. The lowest BCUT2D eigenvalue weighted by Gasteiger charge is -2.38. The number of ether oxygens (including phenoxy) is 2. The molecule has 0 bridgehead atoms. The summed E-state index contributed by atoms with van der Waals surface area (Å²) in [4.78, 5) is 11.9. The molecule has 0 saturated carbocycles. The minimum Gasteiger partial charge on any atom is -0.487 e. The Kier molecular flexibility index (Phi) is 6.34. The van der Waals surface area contributed by atoms with Gasteiger partial charge in [-0.15, -0.1) is 0 Å². The molecule has 29 heavy (non-hydrogen) atoms. The third-order valence-corrected chi connectivity index (χ3v) is 5.19. The maximum atomic E-state index is 11.9. The number of hydrogen-bond donors (Lipinski definition) is 2. The molecule has 0 unspecified atom stereocenters. The number of rotatable bonds is 4. The van der Waals surface area contributed by atoms with E-state index < -0.39 is 5.97 Å². The molecule has 1 heterocycles. The molecule has 2 N–H and O–H groups in total. The van der Waals surface area contributed by atoms with Crippen LogP contribution in [0.1, 0.15) is 54.7 Å². The maximum absolute atomic E-state index is 11.9. The summed E-state index contributed by atoms with van der Waals surface area (Å²) in [6.45, 7) is 8.23. The van der Waals surface area contributed by atoms with Crippen LogP contribution in [0.25, 0.3) is 0 Å². The van der Waals surface area contributed by atoms with Crippen LogP contribution >= 0.6 is 23.8 Å². The Morgan fingerprint density at radius 3 is 2.76 bits per heavy atom. The maximum Gasteiger partial charge on any atom is 0.339 e. The first-order chi connectivity index (χ1) is 13.7. The first kappa shape index (κ1) is 21.4. The molecule has 2 aromatic carbocycles. The molecule has 0 aromatic heterocycles. The van der Waals surface area contributed by atoms with Crippen LogP contribution in [0.5, 0.6) is 5.75 Å². The van der Waals surface area contributed by atoms with Crippen molar-refractivity contribution >= 4 is 40.6 Å². The second-order valence-corrected chi connectivity index (χ2v) is 8.49. The molecule has 0 aliphatic carbocycles. The van der Waals surface area contributed by atoms with Crippen LogP contribution in [0.2, 0.25) is 5.02 Å². The Morgan fingerprint density at radius 2 is 2.07 bits per heavy atom.